The van der Waals surface area contributed by atoms with Crippen LogP contribution >= 0.6 is 10.5 Å². The number of aliphatic imine (C=N–C) groups is 1. The van der Waals surface area contributed by atoms with Gasteiger partial charge >= 0.3 is 0 Å². The van der Waals surface area contributed by atoms with Crippen LogP contribution in [0.2, 0.25) is 0 Å². The number of carbonyl (C=O) groups excluding carboxylic acids is 1. The van der Waals surface area contributed by atoms with Gasteiger partial charge in [-0.3, -0.25) is 9.79 Å². The minimum absolute atomic E-state index is 0.147. The molecule has 2 unspecified atom stereocenters. The first-order valence-electron chi connectivity index (χ1n) is 9.09. The quantitative estimate of drug-likeness (QED) is 0.706. The van der Waals surface area contributed by atoms with Crippen LogP contribution in [0.3, 0.4) is 0 Å². The van der Waals surface area contributed by atoms with E-state index in [2.05, 4.69) is 20.3 Å². The van der Waals surface area contributed by atoms with Gasteiger partial charge in [0.15, 0.2) is 5.65 Å². The van der Waals surface area contributed by atoms with Crippen molar-refractivity contribution in [2.24, 2.45) is 4.99 Å². The summed E-state index contributed by atoms with van der Waals surface area (Å²) in [7, 11) is -0.405. The molecule has 2 atom stereocenters. The summed E-state index contributed by atoms with van der Waals surface area (Å²) >= 11 is 0. The average Bonchev–Trinajstić information content (AvgIpc) is 3.31. The molecule has 5 heterocycles. The summed E-state index contributed by atoms with van der Waals surface area (Å²) in [6, 6.07) is 1.91. The van der Waals surface area contributed by atoms with Gasteiger partial charge in [-0.05, 0) is 31.7 Å². The predicted molar refractivity (Wildman–Crippen MR) is 105 cm³/mol. The van der Waals surface area contributed by atoms with Crippen molar-refractivity contribution in [3.8, 4) is 0 Å². The van der Waals surface area contributed by atoms with Gasteiger partial charge in [-0.15, -0.1) is 10.5 Å². The number of anilines is 1. The Morgan fingerprint density at radius 3 is 3.19 bits per heavy atom. The molecule has 3 aliphatic heterocycles. The summed E-state index contributed by atoms with van der Waals surface area (Å²) in [6.45, 7) is 1.39. The maximum Gasteiger partial charge on any atom is 0.256 e. The van der Waals surface area contributed by atoms with Gasteiger partial charge < -0.3 is 10.2 Å². The maximum absolute atomic E-state index is 14.0. The van der Waals surface area contributed by atoms with Gasteiger partial charge in [0.05, 0.1) is 22.8 Å². The number of nitrogens with one attached hydrogen (secondary N) is 1. The second-order valence-electron chi connectivity index (χ2n) is 6.79. The van der Waals surface area contributed by atoms with Crippen molar-refractivity contribution in [1.82, 2.24) is 19.9 Å². The Morgan fingerprint density at radius 1 is 1.33 bits per heavy atom. The molecular formula is C18H19FN6OS. The molecule has 0 aromatic carbocycles. The van der Waals surface area contributed by atoms with E-state index in [0.717, 1.165) is 43.1 Å². The molecule has 1 amide bonds. The number of fused-ring (bicyclic) bond motifs is 5. The number of carbonyl (C=O) groups is 1. The highest BCUT2D eigenvalue weighted by Gasteiger charge is 2.32. The predicted octanol–water partition coefficient (Wildman–Crippen LogP) is 2.47. The summed E-state index contributed by atoms with van der Waals surface area (Å²) in [5, 5.41) is 10.0. The van der Waals surface area contributed by atoms with Crippen LogP contribution < -0.4 is 10.2 Å². The van der Waals surface area contributed by atoms with Crippen molar-refractivity contribution in [3.05, 3.63) is 36.1 Å². The zero-order valence-electron chi connectivity index (χ0n) is 14.6. The van der Waals surface area contributed by atoms with Crippen LogP contribution in [0.15, 0.2) is 35.5 Å². The SMILES string of the molecule is O=C1NCCCC2=NC=C(F)C=S2C2CCCN2c2ccn3ncc1c3n2. The third-order valence-electron chi connectivity index (χ3n) is 5.08. The smallest absolute Gasteiger partial charge is 0.256 e. The zero-order chi connectivity index (χ0) is 18.4. The number of amides is 1. The summed E-state index contributed by atoms with van der Waals surface area (Å²) < 4.78 is 15.6. The normalized spacial score (nSPS) is 25.4. The van der Waals surface area contributed by atoms with Crippen molar-refractivity contribution in [2.45, 2.75) is 31.1 Å². The van der Waals surface area contributed by atoms with Crippen molar-refractivity contribution in [3.63, 3.8) is 0 Å². The highest BCUT2D eigenvalue weighted by atomic mass is 32.2. The average molecular weight is 386 g/mol. The third kappa shape index (κ3) is 2.86. The summed E-state index contributed by atoms with van der Waals surface area (Å²) in [5.74, 6) is 0.357. The Balaban J connectivity index is 1.65. The molecular weight excluding hydrogens is 367 g/mol. The minimum Gasteiger partial charge on any atom is -0.352 e. The van der Waals surface area contributed by atoms with E-state index in [1.54, 1.807) is 16.1 Å². The molecule has 0 spiro atoms. The van der Waals surface area contributed by atoms with Crippen molar-refractivity contribution >= 4 is 38.3 Å². The van der Waals surface area contributed by atoms with E-state index in [4.69, 9.17) is 4.98 Å². The van der Waals surface area contributed by atoms with Gasteiger partial charge in [0.1, 0.15) is 17.2 Å². The van der Waals surface area contributed by atoms with E-state index in [1.807, 2.05) is 12.3 Å². The molecule has 9 heteroatoms. The topological polar surface area (TPSA) is 74.9 Å². The largest absolute Gasteiger partial charge is 0.352 e. The molecule has 0 saturated carbocycles. The number of rotatable bonds is 0. The molecule has 1 N–H and O–H groups in total. The third-order valence-corrected chi connectivity index (χ3v) is 7.49. The molecule has 2 bridgehead atoms. The van der Waals surface area contributed by atoms with E-state index in [1.165, 1.54) is 6.20 Å². The fourth-order valence-electron chi connectivity index (χ4n) is 3.81. The first-order chi connectivity index (χ1) is 13.2. The van der Waals surface area contributed by atoms with E-state index in [0.29, 0.717) is 17.8 Å². The van der Waals surface area contributed by atoms with Crippen molar-refractivity contribution in [1.29, 1.82) is 0 Å². The number of nitrogens with zero attached hydrogens (tertiary/aromatic N) is 5. The number of hydrogen-bond acceptors (Lipinski definition) is 5. The zero-order valence-corrected chi connectivity index (χ0v) is 15.5. The van der Waals surface area contributed by atoms with E-state index >= 15 is 0 Å². The lowest BCUT2D eigenvalue weighted by atomic mass is 10.3. The van der Waals surface area contributed by atoms with Crippen LogP contribution in [0.5, 0.6) is 0 Å². The second-order valence-corrected chi connectivity index (χ2v) is 8.78. The molecule has 2 aromatic heterocycles. The Bertz CT molecular complexity index is 1030. The Morgan fingerprint density at radius 2 is 2.26 bits per heavy atom. The molecule has 140 valence electrons. The highest BCUT2D eigenvalue weighted by molar-refractivity contribution is 8.28. The van der Waals surface area contributed by atoms with Crippen LogP contribution in [-0.4, -0.2) is 49.4 Å². The van der Waals surface area contributed by atoms with Crippen LogP contribution in [0, 0.1) is 0 Å². The van der Waals surface area contributed by atoms with Gasteiger partial charge in [0.25, 0.3) is 5.91 Å². The molecule has 27 heavy (non-hydrogen) atoms. The van der Waals surface area contributed by atoms with Crippen LogP contribution in [0.25, 0.3) is 5.65 Å². The van der Waals surface area contributed by atoms with Gasteiger partial charge in [0.2, 0.25) is 0 Å². The summed E-state index contributed by atoms with van der Waals surface area (Å²) in [5.41, 5.74) is 1.02. The fraction of sp³-hybridized carbons (Fsp3) is 0.389. The lowest BCUT2D eigenvalue weighted by Crippen LogP contribution is -2.31. The first-order valence-corrected chi connectivity index (χ1v) is 10.4. The van der Waals surface area contributed by atoms with Crippen molar-refractivity contribution < 1.29 is 9.18 Å². The van der Waals surface area contributed by atoms with Gasteiger partial charge in [0, 0.05) is 24.7 Å². The highest BCUT2D eigenvalue weighted by Crippen LogP contribution is 2.39. The maximum atomic E-state index is 14.0. The lowest BCUT2D eigenvalue weighted by Gasteiger charge is -2.30. The second kappa shape index (κ2) is 6.56. The van der Waals surface area contributed by atoms with Crippen molar-refractivity contribution in [2.75, 3.05) is 18.0 Å². The molecule has 3 aliphatic rings. The van der Waals surface area contributed by atoms with Crippen LogP contribution in [0.1, 0.15) is 36.0 Å². The first kappa shape index (κ1) is 16.6. The Kier molecular flexibility index (Phi) is 4.04. The number of allylic oxidation sites excluding steroid dienone is 1. The molecule has 1 saturated heterocycles. The lowest BCUT2D eigenvalue weighted by molar-refractivity contribution is 0.0955. The molecule has 0 aliphatic carbocycles. The summed E-state index contributed by atoms with van der Waals surface area (Å²) in [4.78, 5) is 23.9. The Hall–Kier alpha value is -2.55. The van der Waals surface area contributed by atoms with E-state index in [9.17, 15) is 9.18 Å². The van der Waals surface area contributed by atoms with Gasteiger partial charge in [-0.2, -0.15) is 5.10 Å². The van der Waals surface area contributed by atoms with Gasteiger partial charge in [-0.1, -0.05) is 0 Å². The summed E-state index contributed by atoms with van der Waals surface area (Å²) in [6.07, 6.45) is 8.19. The van der Waals surface area contributed by atoms with Crippen LogP contribution in [0.4, 0.5) is 10.2 Å². The minimum atomic E-state index is -0.405. The van der Waals surface area contributed by atoms with Crippen LogP contribution in [-0.2, 0) is 0 Å². The fourth-order valence-corrected chi connectivity index (χ4v) is 6.18. The number of hydrogen-bond donors (Lipinski definition) is 1. The van der Waals surface area contributed by atoms with E-state index < -0.39 is 10.5 Å². The number of aromatic nitrogens is 3. The molecule has 2 aromatic rings. The monoisotopic (exact) mass is 386 g/mol. The van der Waals surface area contributed by atoms with Gasteiger partial charge in [-0.25, -0.2) is 13.9 Å². The standard InChI is InChI=1S/C18H19FN6OS/c19-12-9-21-15-3-1-6-20-18(26)13-10-22-25-8-5-14(23-17(13)25)24-7-2-4-16(24)27(15)11-12/h5,8-11,16H,1-4,6-7H2,(H,20,26). The molecule has 0 radical (unpaired) electrons. The molecule has 5 rings (SSSR count). The Labute approximate surface area is 157 Å². The molecule has 7 nitrogen and oxygen atoms in total. The van der Waals surface area contributed by atoms with E-state index in [-0.39, 0.29) is 17.1 Å². The molecule has 1 fully saturated rings. The number of halogens is 1.